The maximum absolute atomic E-state index is 6.06. The molecule has 2 aromatic heterocycles. The first-order valence-electron chi connectivity index (χ1n) is 4.51. The number of aryl methyl sites for hydroxylation is 1. The van der Waals surface area contributed by atoms with Gasteiger partial charge in [-0.2, -0.15) is 5.10 Å². The Morgan fingerprint density at radius 3 is 2.88 bits per heavy atom. The Hall–Kier alpha value is -0.820. The van der Waals surface area contributed by atoms with Crippen molar-refractivity contribution >= 4 is 27.5 Å². The molecule has 0 aliphatic heterocycles. The average Bonchev–Trinajstić information content (AvgIpc) is 2.80. The van der Waals surface area contributed by atoms with Gasteiger partial charge in [-0.1, -0.05) is 11.6 Å². The van der Waals surface area contributed by atoms with Crippen molar-refractivity contribution in [3.63, 3.8) is 0 Å². The predicted octanol–water partition coefficient (Wildman–Crippen LogP) is 1.98. The van der Waals surface area contributed by atoms with E-state index in [4.69, 9.17) is 21.9 Å². The molecule has 1 atom stereocenters. The highest BCUT2D eigenvalue weighted by molar-refractivity contribution is 9.10. The van der Waals surface area contributed by atoms with Crippen molar-refractivity contribution in [2.75, 3.05) is 0 Å². The van der Waals surface area contributed by atoms with Gasteiger partial charge in [0, 0.05) is 12.6 Å². The lowest BCUT2D eigenvalue weighted by molar-refractivity contribution is 0.518. The summed E-state index contributed by atoms with van der Waals surface area (Å²) in [7, 11) is 1.81. The quantitative estimate of drug-likeness (QED) is 0.672. The lowest BCUT2D eigenvalue weighted by Crippen LogP contribution is -2.30. The number of rotatable bonds is 3. The summed E-state index contributed by atoms with van der Waals surface area (Å²) in [5.74, 6) is 5.55. The van der Waals surface area contributed by atoms with Crippen LogP contribution in [0.3, 0.4) is 0 Å². The number of nitrogens with two attached hydrogens (primary N) is 1. The predicted molar refractivity (Wildman–Crippen MR) is 63.8 cm³/mol. The van der Waals surface area contributed by atoms with Gasteiger partial charge in [-0.25, -0.2) is 5.43 Å². The van der Waals surface area contributed by atoms with E-state index in [0.717, 1.165) is 11.3 Å². The fourth-order valence-electron chi connectivity index (χ4n) is 1.57. The zero-order valence-electron chi connectivity index (χ0n) is 8.45. The van der Waals surface area contributed by atoms with E-state index in [-0.39, 0.29) is 6.04 Å². The van der Waals surface area contributed by atoms with Crippen molar-refractivity contribution in [1.82, 2.24) is 15.2 Å². The van der Waals surface area contributed by atoms with Gasteiger partial charge in [0.15, 0.2) is 4.67 Å². The smallest absolute Gasteiger partial charge is 0.174 e. The molecule has 2 rings (SSSR count). The van der Waals surface area contributed by atoms with E-state index in [1.807, 2.05) is 6.07 Å². The molecule has 0 fully saturated rings. The van der Waals surface area contributed by atoms with Gasteiger partial charge in [0.25, 0.3) is 0 Å². The molecule has 0 aliphatic rings. The molecule has 0 saturated carbocycles. The Morgan fingerprint density at radius 2 is 2.44 bits per heavy atom. The van der Waals surface area contributed by atoms with Gasteiger partial charge in [-0.3, -0.25) is 10.5 Å². The highest BCUT2D eigenvalue weighted by Gasteiger charge is 2.23. The lowest BCUT2D eigenvalue weighted by Gasteiger charge is -2.15. The van der Waals surface area contributed by atoms with E-state index in [1.165, 1.54) is 0 Å². The summed E-state index contributed by atoms with van der Waals surface area (Å²) in [4.78, 5) is 0. The highest BCUT2D eigenvalue weighted by Crippen LogP contribution is 2.32. The summed E-state index contributed by atoms with van der Waals surface area (Å²) in [5, 5.41) is 4.62. The fourth-order valence-corrected chi connectivity index (χ4v) is 2.32. The lowest BCUT2D eigenvalue weighted by atomic mass is 10.1. The molecule has 0 saturated heterocycles. The summed E-state index contributed by atoms with van der Waals surface area (Å²) in [5.41, 5.74) is 4.35. The number of hydrazine groups is 1. The van der Waals surface area contributed by atoms with Gasteiger partial charge in [0.05, 0.1) is 29.2 Å². The largest absolute Gasteiger partial charge is 0.457 e. The highest BCUT2D eigenvalue weighted by atomic mass is 79.9. The van der Waals surface area contributed by atoms with E-state index in [9.17, 15) is 0 Å². The van der Waals surface area contributed by atoms with Crippen LogP contribution in [-0.4, -0.2) is 9.78 Å². The van der Waals surface area contributed by atoms with Crippen molar-refractivity contribution in [3.8, 4) is 0 Å². The van der Waals surface area contributed by atoms with Crippen LogP contribution in [0.25, 0.3) is 0 Å². The first-order valence-corrected chi connectivity index (χ1v) is 5.68. The van der Waals surface area contributed by atoms with Crippen LogP contribution in [0.15, 0.2) is 27.6 Å². The second-order valence-corrected chi connectivity index (χ2v) is 4.38. The Morgan fingerprint density at radius 1 is 1.69 bits per heavy atom. The minimum atomic E-state index is -0.270. The van der Waals surface area contributed by atoms with Crippen LogP contribution in [0, 0.1) is 0 Å². The third kappa shape index (κ3) is 1.89. The van der Waals surface area contributed by atoms with Crippen LogP contribution < -0.4 is 11.3 Å². The molecule has 2 aromatic rings. The summed E-state index contributed by atoms with van der Waals surface area (Å²) in [6, 6.07) is 1.55. The molecule has 2 heterocycles. The molecule has 5 nitrogen and oxygen atoms in total. The molecular weight excluding hydrogens is 295 g/mol. The van der Waals surface area contributed by atoms with Gasteiger partial charge in [0.2, 0.25) is 0 Å². The van der Waals surface area contributed by atoms with E-state index < -0.39 is 0 Å². The molecule has 1 unspecified atom stereocenters. The van der Waals surface area contributed by atoms with Crippen molar-refractivity contribution in [2.45, 2.75) is 6.04 Å². The minimum Gasteiger partial charge on any atom is -0.457 e. The second kappa shape index (κ2) is 4.58. The minimum absolute atomic E-state index is 0.270. The summed E-state index contributed by atoms with van der Waals surface area (Å²) >= 11 is 9.37. The monoisotopic (exact) mass is 304 g/mol. The number of hydrogen-bond donors (Lipinski definition) is 2. The molecule has 16 heavy (non-hydrogen) atoms. The van der Waals surface area contributed by atoms with Gasteiger partial charge in [0.1, 0.15) is 0 Å². The van der Waals surface area contributed by atoms with Crippen LogP contribution in [0.2, 0.25) is 5.02 Å². The number of hydrogen-bond acceptors (Lipinski definition) is 4. The number of nitrogens with one attached hydrogen (secondary N) is 1. The molecule has 0 radical (unpaired) electrons. The van der Waals surface area contributed by atoms with Crippen molar-refractivity contribution in [3.05, 3.63) is 39.5 Å². The molecule has 86 valence electrons. The summed E-state index contributed by atoms with van der Waals surface area (Å²) in [6.07, 6.45) is 3.16. The first-order chi connectivity index (χ1) is 7.65. The van der Waals surface area contributed by atoms with Gasteiger partial charge >= 0.3 is 0 Å². The zero-order chi connectivity index (χ0) is 11.7. The molecule has 7 heteroatoms. The van der Waals surface area contributed by atoms with Crippen LogP contribution in [0.4, 0.5) is 0 Å². The number of aromatic nitrogens is 2. The zero-order valence-corrected chi connectivity index (χ0v) is 10.8. The van der Waals surface area contributed by atoms with E-state index in [1.54, 1.807) is 24.2 Å². The Kier molecular flexibility index (Phi) is 3.34. The number of nitrogens with zero attached hydrogens (tertiary/aromatic N) is 2. The third-order valence-corrected chi connectivity index (χ3v) is 3.27. The van der Waals surface area contributed by atoms with Gasteiger partial charge in [-0.05, 0) is 22.0 Å². The normalized spacial score (nSPS) is 13.0. The maximum atomic E-state index is 6.06. The SMILES string of the molecule is Cn1ncc(Cl)c1C(NN)c1ccoc1Br. The maximum Gasteiger partial charge on any atom is 0.174 e. The first kappa shape index (κ1) is 11.7. The summed E-state index contributed by atoms with van der Waals surface area (Å²) in [6.45, 7) is 0. The van der Waals surface area contributed by atoms with E-state index in [0.29, 0.717) is 9.69 Å². The van der Waals surface area contributed by atoms with E-state index >= 15 is 0 Å². The molecule has 0 amide bonds. The molecule has 0 aliphatic carbocycles. The van der Waals surface area contributed by atoms with Crippen molar-refractivity contribution in [1.29, 1.82) is 0 Å². The van der Waals surface area contributed by atoms with Gasteiger partial charge in [-0.15, -0.1) is 0 Å². The Labute approximate surface area is 106 Å². The third-order valence-electron chi connectivity index (χ3n) is 2.33. The van der Waals surface area contributed by atoms with Crippen molar-refractivity contribution in [2.24, 2.45) is 12.9 Å². The topological polar surface area (TPSA) is 69.0 Å². The number of halogens is 2. The van der Waals surface area contributed by atoms with Crippen LogP contribution in [0.5, 0.6) is 0 Å². The standard InChI is InChI=1S/C9H10BrClN4O/c1-15-8(6(11)4-13-15)7(14-12)5-2-3-16-9(5)10/h2-4,7,14H,12H2,1H3. The Balaban J connectivity index is 2.49. The molecule has 3 N–H and O–H groups in total. The van der Waals surface area contributed by atoms with E-state index in [2.05, 4.69) is 26.5 Å². The molecule has 0 spiro atoms. The molecule has 0 aromatic carbocycles. The Bertz CT molecular complexity index is 476. The van der Waals surface area contributed by atoms with Crippen LogP contribution in [-0.2, 0) is 7.05 Å². The molecular formula is C9H10BrClN4O. The van der Waals surface area contributed by atoms with Gasteiger partial charge < -0.3 is 4.42 Å². The molecule has 0 bridgehead atoms. The number of furan rings is 1. The van der Waals surface area contributed by atoms with Crippen molar-refractivity contribution < 1.29 is 4.42 Å². The van der Waals surface area contributed by atoms with Crippen LogP contribution in [0.1, 0.15) is 17.3 Å². The average molecular weight is 306 g/mol. The fraction of sp³-hybridized carbons (Fsp3) is 0.222. The summed E-state index contributed by atoms with van der Waals surface area (Å²) < 4.78 is 7.46. The van der Waals surface area contributed by atoms with Crippen LogP contribution >= 0.6 is 27.5 Å². The second-order valence-electron chi connectivity index (χ2n) is 3.25.